The number of benzene rings is 2. The maximum Gasteiger partial charge on any atom is 0.323 e. The molecule has 12 heteroatoms. The number of amides is 2. The smallest absolute Gasteiger partial charge is 0.323 e. The summed E-state index contributed by atoms with van der Waals surface area (Å²) in [7, 11) is 1.80. The van der Waals surface area contributed by atoms with Gasteiger partial charge in [0.2, 0.25) is 5.91 Å². The SMILES string of the molecule is CC(c1nnc(SCC(=O)Nc2ccc3[nH]c(=O)[nH]c3c2)n1C)N1C(=O)COc2ccccc21. The van der Waals surface area contributed by atoms with Gasteiger partial charge in [-0.3, -0.25) is 14.5 Å². The van der Waals surface area contributed by atoms with Gasteiger partial charge in [0.25, 0.3) is 5.91 Å². The van der Waals surface area contributed by atoms with E-state index in [9.17, 15) is 14.4 Å². The fraction of sp³-hybridized carbons (Fsp3) is 0.227. The minimum absolute atomic E-state index is 0.0383. The number of aromatic amines is 2. The van der Waals surface area contributed by atoms with Gasteiger partial charge >= 0.3 is 5.69 Å². The first-order valence-corrected chi connectivity index (χ1v) is 11.5. The maximum absolute atomic E-state index is 12.6. The Hall–Kier alpha value is -4.06. The van der Waals surface area contributed by atoms with Gasteiger partial charge in [-0.15, -0.1) is 10.2 Å². The Morgan fingerprint density at radius 2 is 1.97 bits per heavy atom. The minimum atomic E-state index is -0.381. The summed E-state index contributed by atoms with van der Waals surface area (Å²) < 4.78 is 7.31. The summed E-state index contributed by atoms with van der Waals surface area (Å²) >= 11 is 1.24. The Labute approximate surface area is 197 Å². The van der Waals surface area contributed by atoms with Crippen LogP contribution in [0.3, 0.4) is 0 Å². The second-order valence-electron chi connectivity index (χ2n) is 7.77. The molecule has 1 atom stereocenters. The van der Waals surface area contributed by atoms with Crippen LogP contribution in [0.15, 0.2) is 52.4 Å². The van der Waals surface area contributed by atoms with E-state index in [0.717, 1.165) is 0 Å². The fourth-order valence-corrected chi connectivity index (χ4v) is 4.63. The summed E-state index contributed by atoms with van der Waals surface area (Å²) in [5.74, 6) is 0.959. The Morgan fingerprint density at radius 1 is 1.18 bits per heavy atom. The van der Waals surface area contributed by atoms with Crippen molar-refractivity contribution in [2.24, 2.45) is 7.05 Å². The Morgan fingerprint density at radius 3 is 2.82 bits per heavy atom. The van der Waals surface area contributed by atoms with Crippen LogP contribution in [-0.2, 0) is 16.6 Å². The van der Waals surface area contributed by atoms with Gasteiger partial charge in [-0.1, -0.05) is 23.9 Å². The zero-order valence-electron chi connectivity index (χ0n) is 18.4. The third-order valence-electron chi connectivity index (χ3n) is 5.51. The van der Waals surface area contributed by atoms with Gasteiger partial charge in [-0.05, 0) is 37.3 Å². The molecule has 0 fully saturated rings. The lowest BCUT2D eigenvalue weighted by Crippen LogP contribution is -2.41. The van der Waals surface area contributed by atoms with Crippen molar-refractivity contribution in [1.29, 1.82) is 0 Å². The Kier molecular flexibility index (Phi) is 5.57. The number of fused-ring (bicyclic) bond motifs is 2. The van der Waals surface area contributed by atoms with Gasteiger partial charge in [-0.25, -0.2) is 4.79 Å². The van der Waals surface area contributed by atoms with E-state index in [1.807, 2.05) is 31.2 Å². The molecule has 3 N–H and O–H groups in total. The third-order valence-corrected chi connectivity index (χ3v) is 6.53. The predicted octanol–water partition coefficient (Wildman–Crippen LogP) is 2.20. The van der Waals surface area contributed by atoms with E-state index < -0.39 is 0 Å². The standard InChI is InChI=1S/C22H21N7O4S/c1-12(29-16-5-3-4-6-17(16)33-10-19(29)31)20-26-27-22(28(20)2)34-11-18(30)23-13-7-8-14-15(9-13)25-21(32)24-14/h3-9,12H,10-11H2,1-2H3,(H,23,30)(H2,24,25,32). The molecule has 11 nitrogen and oxygen atoms in total. The number of imidazole rings is 1. The molecule has 0 spiro atoms. The first-order valence-electron chi connectivity index (χ1n) is 10.5. The number of hydrogen-bond acceptors (Lipinski definition) is 7. The summed E-state index contributed by atoms with van der Waals surface area (Å²) in [6.45, 7) is 1.84. The zero-order chi connectivity index (χ0) is 23.8. The number of aromatic nitrogens is 5. The van der Waals surface area contributed by atoms with Gasteiger partial charge in [0.15, 0.2) is 17.6 Å². The largest absolute Gasteiger partial charge is 0.482 e. The van der Waals surface area contributed by atoms with E-state index >= 15 is 0 Å². The van der Waals surface area contributed by atoms with Crippen LogP contribution in [0.2, 0.25) is 0 Å². The van der Waals surface area contributed by atoms with Crippen LogP contribution in [0.5, 0.6) is 5.75 Å². The van der Waals surface area contributed by atoms with Crippen molar-refractivity contribution in [3.63, 3.8) is 0 Å². The number of thioether (sulfide) groups is 1. The molecule has 2 aromatic heterocycles. The Balaban J connectivity index is 1.27. The molecular weight excluding hydrogens is 458 g/mol. The van der Waals surface area contributed by atoms with Crippen molar-refractivity contribution >= 4 is 46.0 Å². The molecule has 0 bridgehead atoms. The first-order chi connectivity index (χ1) is 16.4. The molecule has 4 aromatic rings. The monoisotopic (exact) mass is 479 g/mol. The number of carbonyl (C=O) groups excluding carboxylic acids is 2. The molecule has 2 amide bonds. The molecule has 34 heavy (non-hydrogen) atoms. The lowest BCUT2D eigenvalue weighted by molar-refractivity contribution is -0.121. The van der Waals surface area contributed by atoms with Crippen LogP contribution in [-0.4, -0.2) is 48.9 Å². The number of carbonyl (C=O) groups is 2. The predicted molar refractivity (Wildman–Crippen MR) is 127 cm³/mol. The van der Waals surface area contributed by atoms with Crippen molar-refractivity contribution in [1.82, 2.24) is 24.7 Å². The lowest BCUT2D eigenvalue weighted by atomic mass is 10.1. The molecule has 2 aromatic carbocycles. The summed E-state index contributed by atoms with van der Waals surface area (Å²) in [6.07, 6.45) is 0. The maximum atomic E-state index is 12.6. The molecule has 0 saturated heterocycles. The van der Waals surface area contributed by atoms with Gasteiger partial charge < -0.3 is 24.6 Å². The quantitative estimate of drug-likeness (QED) is 0.361. The highest BCUT2D eigenvalue weighted by atomic mass is 32.2. The summed E-state index contributed by atoms with van der Waals surface area (Å²) in [4.78, 5) is 43.5. The summed E-state index contributed by atoms with van der Waals surface area (Å²) in [6, 6.07) is 12.1. The number of nitrogens with one attached hydrogen (secondary N) is 3. The van der Waals surface area contributed by atoms with E-state index in [-0.39, 0.29) is 35.9 Å². The molecule has 0 radical (unpaired) electrons. The number of H-pyrrole nitrogens is 2. The van der Waals surface area contributed by atoms with Gasteiger partial charge in [-0.2, -0.15) is 0 Å². The topological polar surface area (TPSA) is 138 Å². The van der Waals surface area contributed by atoms with Crippen LogP contribution in [0.25, 0.3) is 11.0 Å². The van der Waals surface area contributed by atoms with Gasteiger partial charge in [0, 0.05) is 12.7 Å². The molecule has 1 aliphatic heterocycles. The highest BCUT2D eigenvalue weighted by molar-refractivity contribution is 7.99. The molecule has 174 valence electrons. The molecule has 3 heterocycles. The van der Waals surface area contributed by atoms with Crippen molar-refractivity contribution in [2.45, 2.75) is 18.1 Å². The zero-order valence-corrected chi connectivity index (χ0v) is 19.2. The first kappa shape index (κ1) is 21.8. The molecule has 0 saturated carbocycles. The molecule has 0 aliphatic carbocycles. The van der Waals surface area contributed by atoms with Crippen molar-refractivity contribution < 1.29 is 14.3 Å². The number of hydrogen-bond donors (Lipinski definition) is 3. The highest BCUT2D eigenvalue weighted by Gasteiger charge is 2.32. The summed E-state index contributed by atoms with van der Waals surface area (Å²) in [5.41, 5.74) is 2.23. The average molecular weight is 480 g/mol. The Bertz CT molecular complexity index is 1460. The second-order valence-corrected chi connectivity index (χ2v) is 8.71. The van der Waals surface area contributed by atoms with Gasteiger partial charge in [0.05, 0.1) is 28.5 Å². The minimum Gasteiger partial charge on any atom is -0.482 e. The number of rotatable bonds is 6. The van der Waals surface area contributed by atoms with Crippen LogP contribution < -0.4 is 20.6 Å². The number of ether oxygens (including phenoxy) is 1. The summed E-state index contributed by atoms with van der Waals surface area (Å²) in [5, 5.41) is 11.9. The van der Waals surface area contributed by atoms with Gasteiger partial charge in [0.1, 0.15) is 5.75 Å². The number of anilines is 2. The fourth-order valence-electron chi connectivity index (χ4n) is 3.91. The highest BCUT2D eigenvalue weighted by Crippen LogP contribution is 2.37. The van der Waals surface area contributed by atoms with E-state index in [4.69, 9.17) is 4.74 Å². The second kappa shape index (κ2) is 8.71. The number of nitrogens with zero attached hydrogens (tertiary/aromatic N) is 4. The number of para-hydroxylation sites is 2. The molecule has 1 unspecified atom stereocenters. The van der Waals surface area contributed by atoms with E-state index in [0.29, 0.717) is 39.1 Å². The van der Waals surface area contributed by atoms with E-state index in [1.165, 1.54) is 11.8 Å². The normalized spacial score (nSPS) is 14.1. The van der Waals surface area contributed by atoms with Crippen molar-refractivity contribution in [3.8, 4) is 5.75 Å². The van der Waals surface area contributed by atoms with E-state index in [2.05, 4.69) is 25.5 Å². The molecule has 1 aliphatic rings. The van der Waals surface area contributed by atoms with Crippen LogP contribution in [0.4, 0.5) is 11.4 Å². The van der Waals surface area contributed by atoms with Crippen LogP contribution in [0, 0.1) is 0 Å². The van der Waals surface area contributed by atoms with Crippen molar-refractivity contribution in [3.05, 3.63) is 58.8 Å². The third kappa shape index (κ3) is 4.03. The molecular formula is C22H21N7O4S. The van der Waals surface area contributed by atoms with E-state index in [1.54, 1.807) is 34.7 Å². The average Bonchev–Trinajstić information content (AvgIpc) is 3.38. The lowest BCUT2D eigenvalue weighted by Gasteiger charge is -2.33. The van der Waals surface area contributed by atoms with Crippen LogP contribution in [0.1, 0.15) is 18.8 Å². The van der Waals surface area contributed by atoms with Crippen molar-refractivity contribution in [2.75, 3.05) is 22.6 Å². The van der Waals surface area contributed by atoms with Crippen LogP contribution >= 0.6 is 11.8 Å². The molecule has 5 rings (SSSR count).